The standard InChI is InChI=1S/C40H58N6O8/c1-27(2)21-22-31(44-35(48)32(25-28-15-8-6-9-16-28)45-39(52)53-26-29-17-10-7-11-18-29)37(50)46-24-14-20-33(46)36(49)43-30(34(41)47)19-12-13-23-42-38(51)54-40(3,4)5/h6-11,15-18,27,30-33H,12-14,19-26H2,1-5H3,(H2,41,47)(H,42,51)(H,43,49)(H,44,48)(H,45,52)/t30-,31-,32-,33-/m0/s1. The van der Waals surface area contributed by atoms with Gasteiger partial charge in [0.25, 0.3) is 0 Å². The maximum Gasteiger partial charge on any atom is 0.408 e. The summed E-state index contributed by atoms with van der Waals surface area (Å²) < 4.78 is 10.6. The van der Waals surface area contributed by atoms with Gasteiger partial charge in [-0.25, -0.2) is 9.59 Å². The van der Waals surface area contributed by atoms with Gasteiger partial charge in [0.05, 0.1) is 0 Å². The van der Waals surface area contributed by atoms with E-state index in [9.17, 15) is 28.8 Å². The summed E-state index contributed by atoms with van der Waals surface area (Å²) >= 11 is 0. The topological polar surface area (TPSA) is 198 Å². The molecule has 1 heterocycles. The van der Waals surface area contributed by atoms with E-state index in [1.165, 1.54) is 4.90 Å². The lowest BCUT2D eigenvalue weighted by Crippen LogP contribution is -2.58. The van der Waals surface area contributed by atoms with E-state index in [2.05, 4.69) is 21.3 Å². The molecule has 0 aromatic heterocycles. The zero-order valence-corrected chi connectivity index (χ0v) is 32.2. The Kier molecular flexibility index (Phi) is 17.3. The molecule has 0 spiro atoms. The molecule has 6 amide bonds. The second kappa shape index (κ2) is 21.5. The molecule has 0 unspecified atom stereocenters. The molecular formula is C40H58N6O8. The van der Waals surface area contributed by atoms with Gasteiger partial charge in [-0.2, -0.15) is 0 Å². The second-order valence-corrected chi connectivity index (χ2v) is 15.1. The molecule has 1 aliphatic heterocycles. The van der Waals surface area contributed by atoms with Gasteiger partial charge in [0.1, 0.15) is 36.4 Å². The summed E-state index contributed by atoms with van der Waals surface area (Å²) in [5.74, 6) is -1.98. The molecule has 14 heteroatoms. The van der Waals surface area contributed by atoms with E-state index in [1.807, 2.05) is 74.5 Å². The number of hydrogen-bond donors (Lipinski definition) is 5. The van der Waals surface area contributed by atoms with Crippen molar-refractivity contribution >= 4 is 35.8 Å². The SMILES string of the molecule is CC(C)CC[C@H](NC(=O)[C@H](Cc1ccccc1)NC(=O)OCc1ccccc1)C(=O)N1CCC[C@H]1C(=O)N[C@@H](CCCCNC(=O)OC(C)(C)C)C(N)=O. The minimum atomic E-state index is -1.06. The van der Waals surface area contributed by atoms with Crippen LogP contribution >= 0.6 is 0 Å². The Morgan fingerprint density at radius 3 is 2.06 bits per heavy atom. The molecule has 6 N–H and O–H groups in total. The van der Waals surface area contributed by atoms with Crippen LogP contribution in [0.2, 0.25) is 0 Å². The zero-order valence-electron chi connectivity index (χ0n) is 32.2. The molecule has 14 nitrogen and oxygen atoms in total. The van der Waals surface area contributed by atoms with Crippen molar-refractivity contribution in [1.29, 1.82) is 0 Å². The van der Waals surface area contributed by atoms with Gasteiger partial charge in [0.2, 0.25) is 23.6 Å². The number of carbonyl (C=O) groups is 6. The third-order valence-electron chi connectivity index (χ3n) is 8.84. The van der Waals surface area contributed by atoms with Crippen molar-refractivity contribution in [3.8, 4) is 0 Å². The number of rotatable bonds is 19. The highest BCUT2D eigenvalue weighted by Gasteiger charge is 2.39. The van der Waals surface area contributed by atoms with Crippen LogP contribution in [0.3, 0.4) is 0 Å². The van der Waals surface area contributed by atoms with Gasteiger partial charge in [-0.1, -0.05) is 74.5 Å². The predicted molar refractivity (Wildman–Crippen MR) is 204 cm³/mol. The van der Waals surface area contributed by atoms with Gasteiger partial charge in [-0.3, -0.25) is 19.2 Å². The van der Waals surface area contributed by atoms with Crippen LogP contribution in [0.1, 0.15) is 90.7 Å². The number of nitrogens with two attached hydrogens (primary N) is 1. The highest BCUT2D eigenvalue weighted by molar-refractivity contribution is 5.95. The van der Waals surface area contributed by atoms with Crippen LogP contribution in [-0.4, -0.2) is 83.6 Å². The number of amides is 6. The molecule has 3 rings (SSSR count). The molecule has 1 fully saturated rings. The molecule has 1 saturated heterocycles. The number of hydrogen-bond acceptors (Lipinski definition) is 8. The molecule has 0 radical (unpaired) electrons. The molecule has 4 atom stereocenters. The Balaban J connectivity index is 1.67. The van der Waals surface area contributed by atoms with Crippen molar-refractivity contribution in [3.63, 3.8) is 0 Å². The molecule has 0 saturated carbocycles. The molecule has 2 aromatic rings. The Morgan fingerprint density at radius 2 is 1.44 bits per heavy atom. The Morgan fingerprint density at radius 1 is 0.796 bits per heavy atom. The largest absolute Gasteiger partial charge is 0.445 e. The summed E-state index contributed by atoms with van der Waals surface area (Å²) in [5, 5.41) is 10.9. The molecule has 0 bridgehead atoms. The summed E-state index contributed by atoms with van der Waals surface area (Å²) in [6.45, 7) is 9.95. The molecule has 296 valence electrons. The smallest absolute Gasteiger partial charge is 0.408 e. The first kappa shape index (κ1) is 43.3. The lowest BCUT2D eigenvalue weighted by Gasteiger charge is -2.31. The van der Waals surface area contributed by atoms with Crippen LogP contribution in [0, 0.1) is 5.92 Å². The van der Waals surface area contributed by atoms with Crippen LogP contribution < -0.4 is 27.0 Å². The predicted octanol–water partition coefficient (Wildman–Crippen LogP) is 4.10. The molecule has 54 heavy (non-hydrogen) atoms. The van der Waals surface area contributed by atoms with E-state index in [-0.39, 0.29) is 25.4 Å². The third kappa shape index (κ3) is 15.5. The minimum absolute atomic E-state index is 0.0161. The van der Waals surface area contributed by atoms with Crippen molar-refractivity contribution < 1.29 is 38.2 Å². The van der Waals surface area contributed by atoms with Crippen molar-refractivity contribution in [2.75, 3.05) is 13.1 Å². The van der Waals surface area contributed by atoms with E-state index in [1.54, 1.807) is 20.8 Å². The van der Waals surface area contributed by atoms with E-state index in [4.69, 9.17) is 15.2 Å². The van der Waals surface area contributed by atoms with Gasteiger partial charge in [-0.15, -0.1) is 0 Å². The molecular weight excluding hydrogens is 692 g/mol. The second-order valence-electron chi connectivity index (χ2n) is 15.1. The number of benzene rings is 2. The quantitative estimate of drug-likeness (QED) is 0.132. The van der Waals surface area contributed by atoms with Crippen LogP contribution in [0.25, 0.3) is 0 Å². The lowest BCUT2D eigenvalue weighted by atomic mass is 10.0. The number of carbonyl (C=O) groups excluding carboxylic acids is 6. The number of nitrogens with one attached hydrogen (secondary N) is 4. The number of ether oxygens (including phenoxy) is 2. The fourth-order valence-electron chi connectivity index (χ4n) is 6.03. The van der Waals surface area contributed by atoms with Crippen LogP contribution in [0.5, 0.6) is 0 Å². The van der Waals surface area contributed by atoms with Crippen LogP contribution in [0.15, 0.2) is 60.7 Å². The van der Waals surface area contributed by atoms with Gasteiger partial charge < -0.3 is 41.4 Å². The van der Waals surface area contributed by atoms with E-state index >= 15 is 0 Å². The van der Waals surface area contributed by atoms with Crippen LogP contribution in [0.4, 0.5) is 9.59 Å². The van der Waals surface area contributed by atoms with Crippen molar-refractivity contribution in [2.24, 2.45) is 11.7 Å². The fourth-order valence-corrected chi connectivity index (χ4v) is 6.03. The summed E-state index contributed by atoms with van der Waals surface area (Å²) in [5.41, 5.74) is 6.60. The summed E-state index contributed by atoms with van der Waals surface area (Å²) in [6, 6.07) is 14.5. The first-order valence-corrected chi connectivity index (χ1v) is 18.8. The monoisotopic (exact) mass is 750 g/mol. The Labute approximate surface area is 318 Å². The highest BCUT2D eigenvalue weighted by Crippen LogP contribution is 2.21. The number of alkyl carbamates (subject to hydrolysis) is 2. The fraction of sp³-hybridized carbons (Fsp3) is 0.550. The van der Waals surface area contributed by atoms with Gasteiger partial charge >= 0.3 is 12.2 Å². The first-order valence-electron chi connectivity index (χ1n) is 18.8. The average Bonchev–Trinajstić information content (AvgIpc) is 3.61. The van der Waals surface area contributed by atoms with Crippen LogP contribution in [-0.2, 0) is 41.7 Å². The van der Waals surface area contributed by atoms with Crippen molar-refractivity contribution in [1.82, 2.24) is 26.2 Å². The summed E-state index contributed by atoms with van der Waals surface area (Å²) in [6.07, 6.45) is 1.94. The Hall–Kier alpha value is -5.14. The molecule has 1 aliphatic rings. The maximum atomic E-state index is 14.2. The minimum Gasteiger partial charge on any atom is -0.445 e. The lowest BCUT2D eigenvalue weighted by molar-refractivity contribution is -0.142. The third-order valence-corrected chi connectivity index (χ3v) is 8.84. The number of likely N-dealkylation sites (tertiary alicyclic amines) is 1. The van der Waals surface area contributed by atoms with Gasteiger partial charge in [0, 0.05) is 19.5 Å². The first-order chi connectivity index (χ1) is 25.6. The average molecular weight is 751 g/mol. The Bertz CT molecular complexity index is 1530. The number of unbranched alkanes of at least 4 members (excludes halogenated alkanes) is 1. The van der Waals surface area contributed by atoms with E-state index < -0.39 is 65.6 Å². The van der Waals surface area contributed by atoms with Crippen molar-refractivity contribution in [2.45, 2.75) is 122 Å². The van der Waals surface area contributed by atoms with Crippen molar-refractivity contribution in [3.05, 3.63) is 71.8 Å². The van der Waals surface area contributed by atoms with Gasteiger partial charge in [-0.05, 0) is 82.8 Å². The zero-order chi connectivity index (χ0) is 39.7. The van der Waals surface area contributed by atoms with E-state index in [0.29, 0.717) is 51.6 Å². The maximum absolute atomic E-state index is 14.2. The molecule has 0 aliphatic carbocycles. The van der Waals surface area contributed by atoms with E-state index in [0.717, 1.165) is 11.1 Å². The number of primary amides is 1. The normalized spacial score (nSPS) is 15.7. The highest BCUT2D eigenvalue weighted by atomic mass is 16.6. The summed E-state index contributed by atoms with van der Waals surface area (Å²) in [7, 11) is 0. The number of nitrogens with zero attached hydrogens (tertiary/aromatic N) is 1. The van der Waals surface area contributed by atoms with Gasteiger partial charge in [0.15, 0.2) is 0 Å². The molecule has 2 aromatic carbocycles. The summed E-state index contributed by atoms with van der Waals surface area (Å²) in [4.78, 5) is 80.2.